The number of thioether (sulfide) groups is 1. The molecular weight excluding hydrogens is 525 g/mol. The molecule has 2 rings (SSSR count). The number of nitrogens with zero attached hydrogens (tertiary/aromatic N) is 4. The van der Waals surface area contributed by atoms with Crippen LogP contribution in [-0.2, 0) is 8.85 Å². The zero-order valence-corrected chi connectivity index (χ0v) is 28.8. The van der Waals surface area contributed by atoms with Crippen LogP contribution >= 0.6 is 11.8 Å². The predicted molar refractivity (Wildman–Crippen MR) is 167 cm³/mol. The summed E-state index contributed by atoms with van der Waals surface area (Å²) >= 11 is 1.73. The van der Waals surface area contributed by atoms with Crippen molar-refractivity contribution >= 4 is 28.4 Å². The van der Waals surface area contributed by atoms with E-state index < -0.39 is 16.6 Å². The Morgan fingerprint density at radius 1 is 0.921 bits per heavy atom. The molecule has 4 atom stereocenters. The van der Waals surface area contributed by atoms with E-state index >= 15 is 0 Å². The summed E-state index contributed by atoms with van der Waals surface area (Å²) in [5.74, 6) is 1.84. The fourth-order valence-corrected chi connectivity index (χ4v) is 10.1. The molecule has 0 aliphatic carbocycles. The van der Waals surface area contributed by atoms with E-state index in [-0.39, 0.29) is 17.2 Å². The smallest absolute Gasteiger partial charge is 0.214 e. The first kappa shape index (κ1) is 33.2. The summed E-state index contributed by atoms with van der Waals surface area (Å²) in [5, 5.41) is 13.5. The Morgan fingerprint density at radius 2 is 1.53 bits per heavy atom. The highest BCUT2D eigenvalue weighted by Gasteiger charge is 2.40. The van der Waals surface area contributed by atoms with Gasteiger partial charge in [-0.25, -0.2) is 0 Å². The molecule has 9 heteroatoms. The number of para-hydroxylation sites is 1. The summed E-state index contributed by atoms with van der Waals surface area (Å²) in [7, 11) is -3.56. The van der Waals surface area contributed by atoms with Crippen LogP contribution in [0.2, 0.25) is 36.3 Å². The van der Waals surface area contributed by atoms with Gasteiger partial charge in [0.15, 0.2) is 16.6 Å². The second-order valence-corrected chi connectivity index (χ2v) is 23.1. The molecule has 0 spiro atoms. The molecule has 0 saturated heterocycles. The molecule has 216 valence electrons. The monoisotopic (exact) mass is 578 g/mol. The van der Waals surface area contributed by atoms with Crippen LogP contribution < -0.4 is 0 Å². The van der Waals surface area contributed by atoms with E-state index in [1.165, 1.54) is 18.1 Å². The average Bonchev–Trinajstić information content (AvgIpc) is 3.34. The van der Waals surface area contributed by atoms with Crippen LogP contribution in [0.25, 0.3) is 5.69 Å². The van der Waals surface area contributed by atoms with Gasteiger partial charge in [0.25, 0.3) is 0 Å². The number of benzene rings is 1. The molecule has 0 saturated carbocycles. The highest BCUT2D eigenvalue weighted by molar-refractivity contribution is 7.99. The lowest BCUT2D eigenvalue weighted by Gasteiger charge is -2.42. The van der Waals surface area contributed by atoms with Gasteiger partial charge in [-0.15, -0.1) is 5.10 Å². The van der Waals surface area contributed by atoms with E-state index in [9.17, 15) is 0 Å². The zero-order valence-electron chi connectivity index (χ0n) is 26.0. The minimum atomic E-state index is -1.82. The fraction of sp³-hybridized carbons (Fsp3) is 0.759. The second kappa shape index (κ2) is 14.6. The largest absolute Gasteiger partial charge is 0.414 e. The van der Waals surface area contributed by atoms with E-state index in [1.54, 1.807) is 11.8 Å². The minimum Gasteiger partial charge on any atom is -0.414 e. The molecule has 1 heterocycles. The minimum absolute atomic E-state index is 0.214. The lowest BCUT2D eigenvalue weighted by atomic mass is 9.91. The van der Waals surface area contributed by atoms with Gasteiger partial charge in [0.05, 0.1) is 5.69 Å². The Labute approximate surface area is 239 Å². The maximum atomic E-state index is 7.19. The quantitative estimate of drug-likeness (QED) is 0.147. The van der Waals surface area contributed by atoms with Gasteiger partial charge in [-0.3, -0.25) is 0 Å². The lowest BCUT2D eigenvalue weighted by molar-refractivity contribution is 0.0641. The molecule has 0 bridgehead atoms. The van der Waals surface area contributed by atoms with Crippen molar-refractivity contribution < 1.29 is 8.85 Å². The Morgan fingerprint density at radius 3 is 2.08 bits per heavy atom. The number of aromatic nitrogens is 4. The second-order valence-electron chi connectivity index (χ2n) is 12.5. The first-order valence-corrected chi connectivity index (χ1v) is 21.0. The Balaban J connectivity index is 2.11. The molecule has 0 fully saturated rings. The van der Waals surface area contributed by atoms with Crippen LogP contribution in [0.3, 0.4) is 0 Å². The van der Waals surface area contributed by atoms with Crippen molar-refractivity contribution in [1.82, 2.24) is 20.2 Å². The first-order chi connectivity index (χ1) is 17.8. The topological polar surface area (TPSA) is 62.1 Å². The van der Waals surface area contributed by atoms with Crippen LogP contribution in [0.15, 0.2) is 35.5 Å². The fourth-order valence-electron chi connectivity index (χ4n) is 4.56. The summed E-state index contributed by atoms with van der Waals surface area (Å²) in [4.78, 5) is 0. The van der Waals surface area contributed by atoms with Crippen LogP contribution in [0.4, 0.5) is 0 Å². The van der Waals surface area contributed by atoms with Gasteiger partial charge in [0, 0.05) is 18.0 Å². The molecule has 1 aromatic heterocycles. The van der Waals surface area contributed by atoms with E-state index in [1.807, 2.05) is 35.0 Å². The predicted octanol–water partition coefficient (Wildman–Crippen LogP) is 8.61. The van der Waals surface area contributed by atoms with Gasteiger partial charge < -0.3 is 8.85 Å². The molecule has 0 radical (unpaired) electrons. The molecular formula is C29H54N4O2SSi2. The highest BCUT2D eigenvalue weighted by atomic mass is 32.2. The molecule has 0 aliphatic rings. The number of hydrogen-bond acceptors (Lipinski definition) is 6. The van der Waals surface area contributed by atoms with Crippen molar-refractivity contribution in [1.29, 1.82) is 0 Å². The molecule has 6 nitrogen and oxygen atoms in total. The zero-order chi connectivity index (χ0) is 28.6. The Hall–Kier alpha value is -1.01. The van der Waals surface area contributed by atoms with Crippen molar-refractivity contribution in [2.75, 3.05) is 5.75 Å². The van der Waals surface area contributed by atoms with Gasteiger partial charge >= 0.3 is 0 Å². The standard InChI is InChI=1S/C29H54N4O2SSi2/c1-12-38(13-2,14-3)35-27(22-24(5)25(6)34-37(10,11)29(7,8)9)23(4)20-21-36-28-30-31-32-33(28)26-18-16-15-17-19-26/h15-19,23-25,27H,12-14,20-22H2,1-11H3/t23-,24-,25-,27+/m0/s1. The summed E-state index contributed by atoms with van der Waals surface area (Å²) in [5.41, 5.74) is 0.989. The average molecular weight is 579 g/mol. The highest BCUT2D eigenvalue weighted by Crippen LogP contribution is 2.39. The summed E-state index contributed by atoms with van der Waals surface area (Å²) < 4.78 is 15.8. The molecule has 0 amide bonds. The third-order valence-electron chi connectivity index (χ3n) is 8.91. The first-order valence-electron chi connectivity index (χ1n) is 14.6. The lowest BCUT2D eigenvalue weighted by Crippen LogP contribution is -2.46. The molecule has 1 aromatic carbocycles. The van der Waals surface area contributed by atoms with Crippen LogP contribution in [0, 0.1) is 11.8 Å². The third kappa shape index (κ3) is 9.01. The van der Waals surface area contributed by atoms with E-state index in [4.69, 9.17) is 8.85 Å². The molecule has 2 aromatic rings. The molecule has 0 unspecified atom stereocenters. The van der Waals surface area contributed by atoms with Gasteiger partial charge in [0.1, 0.15) is 0 Å². The van der Waals surface area contributed by atoms with Crippen molar-refractivity contribution in [2.24, 2.45) is 11.8 Å². The maximum Gasteiger partial charge on any atom is 0.214 e. The summed E-state index contributed by atoms with van der Waals surface area (Å²) in [6.45, 7) is 25.7. The molecule has 0 N–H and O–H groups in total. The normalized spacial score (nSPS) is 16.3. The van der Waals surface area contributed by atoms with Crippen molar-refractivity contribution in [3.8, 4) is 5.69 Å². The van der Waals surface area contributed by atoms with Crippen LogP contribution in [0.1, 0.15) is 75.2 Å². The Kier molecular flexibility index (Phi) is 12.7. The SMILES string of the molecule is CC[Si](CC)(CC)O[C@H](C[C@H](C)[C@H](C)O[Si](C)(C)C(C)(C)C)[C@@H](C)CCSc1nnnn1-c1ccccc1. The van der Waals surface area contributed by atoms with Gasteiger partial charge in [-0.2, -0.15) is 4.68 Å². The summed E-state index contributed by atoms with van der Waals surface area (Å²) in [6, 6.07) is 13.6. The van der Waals surface area contributed by atoms with Gasteiger partial charge in [-0.1, -0.05) is 85.4 Å². The van der Waals surface area contributed by atoms with Crippen molar-refractivity contribution in [2.45, 2.75) is 129 Å². The number of tetrazole rings is 1. The van der Waals surface area contributed by atoms with Crippen LogP contribution in [0.5, 0.6) is 0 Å². The maximum absolute atomic E-state index is 7.19. The Bertz CT molecular complexity index is 939. The number of rotatable bonds is 16. The van der Waals surface area contributed by atoms with Crippen molar-refractivity contribution in [3.05, 3.63) is 30.3 Å². The van der Waals surface area contributed by atoms with Crippen LogP contribution in [-0.4, -0.2) is 54.8 Å². The van der Waals surface area contributed by atoms with Gasteiger partial charge in [-0.05, 0) is 90.4 Å². The van der Waals surface area contributed by atoms with E-state index in [0.717, 1.165) is 29.4 Å². The molecule has 0 aliphatic heterocycles. The number of hydrogen-bond donors (Lipinski definition) is 0. The summed E-state index contributed by atoms with van der Waals surface area (Å²) in [6.07, 6.45) is 2.56. The van der Waals surface area contributed by atoms with E-state index in [0.29, 0.717) is 11.8 Å². The van der Waals surface area contributed by atoms with Gasteiger partial charge in [0.2, 0.25) is 5.16 Å². The van der Waals surface area contributed by atoms with Crippen molar-refractivity contribution in [3.63, 3.8) is 0 Å². The van der Waals surface area contributed by atoms with E-state index in [2.05, 4.69) is 90.9 Å². The molecule has 38 heavy (non-hydrogen) atoms. The third-order valence-corrected chi connectivity index (χ3v) is 19.1.